The predicted octanol–water partition coefficient (Wildman–Crippen LogP) is 3.85. The molecule has 0 spiro atoms. The molecule has 6 heteroatoms. The number of hydrogen-bond acceptors (Lipinski definition) is 5. The lowest BCUT2D eigenvalue weighted by Crippen LogP contribution is -2.47. The lowest BCUT2D eigenvalue weighted by atomic mass is 10.0. The van der Waals surface area contributed by atoms with Gasteiger partial charge in [-0.3, -0.25) is 4.79 Å². The van der Waals surface area contributed by atoms with Crippen molar-refractivity contribution in [2.75, 3.05) is 69.0 Å². The standard InChI is InChI=1S/C24H34N4O2/c1-6-13-25-23-18(2)20(12-11-19(23)24(29)26(3)4)27-14-16-28(17-15-27)21-9-7-8-10-22(21)30-5/h7-12,25H,6,13-17H2,1-5H3. The number of rotatable bonds is 7. The minimum atomic E-state index is 0.0317. The fraction of sp³-hybridized carbons (Fsp3) is 0.458. The topological polar surface area (TPSA) is 48.1 Å². The fourth-order valence-corrected chi connectivity index (χ4v) is 4.02. The molecule has 6 nitrogen and oxygen atoms in total. The Hall–Kier alpha value is -2.89. The van der Waals surface area contributed by atoms with Crippen LogP contribution >= 0.6 is 0 Å². The number of para-hydroxylation sites is 2. The summed E-state index contributed by atoms with van der Waals surface area (Å²) in [5, 5.41) is 3.50. The molecule has 1 N–H and O–H groups in total. The molecule has 2 aromatic carbocycles. The van der Waals surface area contributed by atoms with E-state index in [1.54, 1.807) is 26.1 Å². The zero-order valence-corrected chi connectivity index (χ0v) is 18.9. The second-order valence-electron chi connectivity index (χ2n) is 7.90. The number of methoxy groups -OCH3 is 1. The summed E-state index contributed by atoms with van der Waals surface area (Å²) in [5.41, 5.74) is 5.18. The van der Waals surface area contributed by atoms with Gasteiger partial charge < -0.3 is 24.8 Å². The third-order valence-electron chi connectivity index (χ3n) is 5.67. The minimum Gasteiger partial charge on any atom is -0.495 e. The molecule has 3 rings (SSSR count). The fourth-order valence-electron chi connectivity index (χ4n) is 4.02. The highest BCUT2D eigenvalue weighted by atomic mass is 16.5. The van der Waals surface area contributed by atoms with Crippen molar-refractivity contribution < 1.29 is 9.53 Å². The molecule has 0 atom stereocenters. The smallest absolute Gasteiger partial charge is 0.255 e. The summed E-state index contributed by atoms with van der Waals surface area (Å²) < 4.78 is 5.54. The molecule has 0 radical (unpaired) electrons. The summed E-state index contributed by atoms with van der Waals surface area (Å²) >= 11 is 0. The molecule has 1 amide bonds. The third kappa shape index (κ3) is 4.48. The Labute approximate surface area is 180 Å². The van der Waals surface area contributed by atoms with Crippen LogP contribution in [-0.4, -0.2) is 64.7 Å². The number of nitrogens with zero attached hydrogens (tertiary/aromatic N) is 3. The Balaban J connectivity index is 1.82. The highest BCUT2D eigenvalue weighted by Crippen LogP contribution is 2.33. The van der Waals surface area contributed by atoms with Gasteiger partial charge in [0, 0.05) is 52.5 Å². The zero-order chi connectivity index (χ0) is 21.7. The van der Waals surface area contributed by atoms with Gasteiger partial charge in [0.1, 0.15) is 5.75 Å². The molecule has 30 heavy (non-hydrogen) atoms. The lowest BCUT2D eigenvalue weighted by Gasteiger charge is -2.38. The maximum atomic E-state index is 12.7. The van der Waals surface area contributed by atoms with E-state index < -0.39 is 0 Å². The molecule has 2 aromatic rings. The number of carbonyl (C=O) groups excluding carboxylic acids is 1. The van der Waals surface area contributed by atoms with Crippen LogP contribution in [0, 0.1) is 6.92 Å². The molecular formula is C24H34N4O2. The summed E-state index contributed by atoms with van der Waals surface area (Å²) in [5.74, 6) is 0.948. The maximum Gasteiger partial charge on any atom is 0.255 e. The van der Waals surface area contributed by atoms with Crippen molar-refractivity contribution in [1.29, 1.82) is 0 Å². The van der Waals surface area contributed by atoms with Crippen LogP contribution < -0.4 is 19.9 Å². The monoisotopic (exact) mass is 410 g/mol. The molecule has 1 saturated heterocycles. The van der Waals surface area contributed by atoms with Crippen molar-refractivity contribution in [2.45, 2.75) is 20.3 Å². The first-order chi connectivity index (χ1) is 14.5. The van der Waals surface area contributed by atoms with E-state index in [1.807, 2.05) is 18.2 Å². The van der Waals surface area contributed by atoms with Crippen molar-refractivity contribution in [3.8, 4) is 5.75 Å². The van der Waals surface area contributed by atoms with Crippen LogP contribution in [0.4, 0.5) is 17.1 Å². The number of hydrogen-bond donors (Lipinski definition) is 1. The molecule has 0 aromatic heterocycles. The van der Waals surface area contributed by atoms with Gasteiger partial charge in [-0.05, 0) is 43.2 Å². The van der Waals surface area contributed by atoms with Gasteiger partial charge in [0.15, 0.2) is 0 Å². The van der Waals surface area contributed by atoms with E-state index in [4.69, 9.17) is 4.74 Å². The van der Waals surface area contributed by atoms with Gasteiger partial charge in [-0.15, -0.1) is 0 Å². The van der Waals surface area contributed by atoms with Crippen LogP contribution in [0.25, 0.3) is 0 Å². The van der Waals surface area contributed by atoms with Gasteiger partial charge in [-0.25, -0.2) is 0 Å². The molecule has 0 unspecified atom stereocenters. The van der Waals surface area contributed by atoms with Crippen molar-refractivity contribution in [2.24, 2.45) is 0 Å². The quantitative estimate of drug-likeness (QED) is 0.751. The average molecular weight is 411 g/mol. The molecule has 0 aliphatic carbocycles. The summed E-state index contributed by atoms with van der Waals surface area (Å²) in [6, 6.07) is 12.3. The number of carbonyl (C=O) groups is 1. The van der Waals surface area contributed by atoms with Gasteiger partial charge in [0.05, 0.1) is 24.0 Å². The highest BCUT2D eigenvalue weighted by Gasteiger charge is 2.23. The second kappa shape index (κ2) is 9.74. The highest BCUT2D eigenvalue weighted by molar-refractivity contribution is 6.01. The number of benzene rings is 2. The average Bonchev–Trinajstić information content (AvgIpc) is 2.77. The number of ether oxygens (including phenoxy) is 1. The van der Waals surface area contributed by atoms with E-state index in [0.717, 1.165) is 67.4 Å². The minimum absolute atomic E-state index is 0.0317. The first kappa shape index (κ1) is 21.8. The van der Waals surface area contributed by atoms with Gasteiger partial charge in [0.2, 0.25) is 0 Å². The Morgan fingerprint density at radius 2 is 1.67 bits per heavy atom. The Bertz CT molecular complexity index is 874. The summed E-state index contributed by atoms with van der Waals surface area (Å²) in [4.78, 5) is 19.1. The number of piperazine rings is 1. The summed E-state index contributed by atoms with van der Waals surface area (Å²) in [7, 11) is 5.32. The number of amides is 1. The SMILES string of the molecule is CCCNc1c(C(=O)N(C)C)ccc(N2CCN(c3ccccc3OC)CC2)c1C. The van der Waals surface area contributed by atoms with Crippen LogP contribution in [0.5, 0.6) is 5.75 Å². The largest absolute Gasteiger partial charge is 0.495 e. The normalized spacial score (nSPS) is 13.9. The van der Waals surface area contributed by atoms with E-state index in [0.29, 0.717) is 0 Å². The zero-order valence-electron chi connectivity index (χ0n) is 18.9. The second-order valence-corrected chi connectivity index (χ2v) is 7.90. The van der Waals surface area contributed by atoms with Crippen LogP contribution in [0.2, 0.25) is 0 Å². The first-order valence-electron chi connectivity index (χ1n) is 10.7. The molecular weight excluding hydrogens is 376 g/mol. The molecule has 0 saturated carbocycles. The van der Waals surface area contributed by atoms with Crippen LogP contribution in [0.1, 0.15) is 29.3 Å². The van der Waals surface area contributed by atoms with E-state index in [-0.39, 0.29) is 5.91 Å². The van der Waals surface area contributed by atoms with E-state index >= 15 is 0 Å². The van der Waals surface area contributed by atoms with Crippen molar-refractivity contribution in [3.63, 3.8) is 0 Å². The Kier molecular flexibility index (Phi) is 7.08. The van der Waals surface area contributed by atoms with E-state index in [9.17, 15) is 4.79 Å². The molecule has 1 aliphatic rings. The third-order valence-corrected chi connectivity index (χ3v) is 5.67. The van der Waals surface area contributed by atoms with Crippen molar-refractivity contribution in [3.05, 3.63) is 47.5 Å². The van der Waals surface area contributed by atoms with Gasteiger partial charge >= 0.3 is 0 Å². The Morgan fingerprint density at radius 1 is 1.03 bits per heavy atom. The summed E-state index contributed by atoms with van der Waals surface area (Å²) in [6.45, 7) is 8.80. The lowest BCUT2D eigenvalue weighted by molar-refractivity contribution is 0.0828. The van der Waals surface area contributed by atoms with Crippen molar-refractivity contribution in [1.82, 2.24) is 4.90 Å². The number of anilines is 3. The van der Waals surface area contributed by atoms with E-state index in [2.05, 4.69) is 47.2 Å². The van der Waals surface area contributed by atoms with Crippen LogP contribution in [0.3, 0.4) is 0 Å². The van der Waals surface area contributed by atoms with Gasteiger partial charge in [-0.1, -0.05) is 19.1 Å². The van der Waals surface area contributed by atoms with Crippen molar-refractivity contribution >= 4 is 23.0 Å². The maximum absolute atomic E-state index is 12.7. The summed E-state index contributed by atoms with van der Waals surface area (Å²) in [6.07, 6.45) is 1.01. The molecule has 162 valence electrons. The van der Waals surface area contributed by atoms with Gasteiger partial charge in [0.25, 0.3) is 5.91 Å². The molecule has 1 aliphatic heterocycles. The Morgan fingerprint density at radius 3 is 2.27 bits per heavy atom. The number of nitrogens with one attached hydrogen (secondary N) is 1. The predicted molar refractivity (Wildman–Crippen MR) is 125 cm³/mol. The molecule has 1 fully saturated rings. The van der Waals surface area contributed by atoms with E-state index in [1.165, 1.54) is 5.69 Å². The molecule has 0 bridgehead atoms. The van der Waals surface area contributed by atoms with Gasteiger partial charge in [-0.2, -0.15) is 0 Å². The van der Waals surface area contributed by atoms with Crippen LogP contribution in [0.15, 0.2) is 36.4 Å². The first-order valence-corrected chi connectivity index (χ1v) is 10.7. The molecule has 1 heterocycles. The van der Waals surface area contributed by atoms with Crippen LogP contribution in [-0.2, 0) is 0 Å².